The standard InChI is InChI=1S/C16H11BrClNO2/c1-2-21-16(20)12-8-19-15-10-6-4-3-5-9(10)13(17)7-11(15)14(12)18/h3-8H,2H2,1H3. The quantitative estimate of drug-likeness (QED) is 0.475. The first-order chi connectivity index (χ1) is 10.1. The fourth-order valence-corrected chi connectivity index (χ4v) is 3.15. The molecule has 0 aliphatic carbocycles. The van der Waals surface area contributed by atoms with Crippen LogP contribution in [-0.4, -0.2) is 17.6 Å². The van der Waals surface area contributed by atoms with Crippen LogP contribution in [0.5, 0.6) is 0 Å². The molecule has 3 aromatic rings. The lowest BCUT2D eigenvalue weighted by Crippen LogP contribution is -2.06. The molecule has 0 saturated heterocycles. The van der Waals surface area contributed by atoms with Gasteiger partial charge in [0.15, 0.2) is 0 Å². The molecule has 0 bridgehead atoms. The van der Waals surface area contributed by atoms with Crippen molar-refractivity contribution < 1.29 is 9.53 Å². The second-order valence-electron chi connectivity index (χ2n) is 4.51. The van der Waals surface area contributed by atoms with Gasteiger partial charge in [0.05, 0.1) is 22.7 Å². The van der Waals surface area contributed by atoms with Gasteiger partial charge in [0, 0.05) is 21.4 Å². The summed E-state index contributed by atoms with van der Waals surface area (Å²) in [7, 11) is 0. The normalized spacial score (nSPS) is 11.0. The summed E-state index contributed by atoms with van der Waals surface area (Å²) in [6.07, 6.45) is 1.48. The number of rotatable bonds is 2. The van der Waals surface area contributed by atoms with E-state index in [-0.39, 0.29) is 5.56 Å². The van der Waals surface area contributed by atoms with E-state index in [2.05, 4.69) is 20.9 Å². The molecule has 0 radical (unpaired) electrons. The zero-order valence-corrected chi connectivity index (χ0v) is 13.5. The Balaban J connectivity index is 2.34. The number of hydrogen-bond acceptors (Lipinski definition) is 3. The molecule has 0 fully saturated rings. The molecule has 21 heavy (non-hydrogen) atoms. The smallest absolute Gasteiger partial charge is 0.341 e. The highest BCUT2D eigenvalue weighted by Crippen LogP contribution is 2.35. The summed E-state index contributed by atoms with van der Waals surface area (Å²) < 4.78 is 5.91. The van der Waals surface area contributed by atoms with Gasteiger partial charge < -0.3 is 4.74 Å². The van der Waals surface area contributed by atoms with Gasteiger partial charge in [0.2, 0.25) is 0 Å². The summed E-state index contributed by atoms with van der Waals surface area (Å²) in [5.74, 6) is -0.457. The molecule has 0 aliphatic heterocycles. The van der Waals surface area contributed by atoms with Gasteiger partial charge in [-0.15, -0.1) is 0 Å². The summed E-state index contributed by atoms with van der Waals surface area (Å²) in [5, 5.41) is 3.13. The van der Waals surface area contributed by atoms with Gasteiger partial charge in [-0.2, -0.15) is 0 Å². The van der Waals surface area contributed by atoms with E-state index >= 15 is 0 Å². The molecule has 0 atom stereocenters. The monoisotopic (exact) mass is 363 g/mol. The summed E-state index contributed by atoms with van der Waals surface area (Å²) in [6, 6.07) is 9.79. The van der Waals surface area contributed by atoms with Gasteiger partial charge in [-0.3, -0.25) is 4.98 Å². The van der Waals surface area contributed by atoms with Gasteiger partial charge >= 0.3 is 5.97 Å². The van der Waals surface area contributed by atoms with Crippen LogP contribution in [0.15, 0.2) is 41.0 Å². The summed E-state index contributed by atoms with van der Waals surface area (Å²) in [4.78, 5) is 16.3. The second-order valence-corrected chi connectivity index (χ2v) is 5.74. The van der Waals surface area contributed by atoms with E-state index in [1.54, 1.807) is 6.92 Å². The zero-order valence-electron chi connectivity index (χ0n) is 11.2. The lowest BCUT2D eigenvalue weighted by atomic mass is 10.0. The third-order valence-electron chi connectivity index (χ3n) is 3.26. The highest BCUT2D eigenvalue weighted by Gasteiger charge is 2.17. The Hall–Kier alpha value is -1.65. The molecule has 3 nitrogen and oxygen atoms in total. The van der Waals surface area contributed by atoms with Crippen LogP contribution < -0.4 is 0 Å². The lowest BCUT2D eigenvalue weighted by molar-refractivity contribution is 0.0526. The predicted molar refractivity (Wildman–Crippen MR) is 87.9 cm³/mol. The Kier molecular flexibility index (Phi) is 3.83. The molecule has 106 valence electrons. The van der Waals surface area contributed by atoms with Crippen molar-refractivity contribution in [2.75, 3.05) is 6.61 Å². The largest absolute Gasteiger partial charge is 0.462 e. The molecule has 2 aromatic carbocycles. The van der Waals surface area contributed by atoms with Crippen LogP contribution in [0.25, 0.3) is 21.7 Å². The molecule has 1 aromatic heterocycles. The van der Waals surface area contributed by atoms with E-state index in [1.165, 1.54) is 6.20 Å². The Morgan fingerprint density at radius 1 is 1.29 bits per heavy atom. The molecule has 0 aliphatic rings. The number of ether oxygens (including phenoxy) is 1. The maximum absolute atomic E-state index is 11.9. The third kappa shape index (κ3) is 2.39. The van der Waals surface area contributed by atoms with Crippen molar-refractivity contribution in [1.82, 2.24) is 4.98 Å². The highest BCUT2D eigenvalue weighted by molar-refractivity contribution is 9.10. The summed E-state index contributed by atoms with van der Waals surface area (Å²) in [5.41, 5.74) is 1.06. The number of halogens is 2. The molecular weight excluding hydrogens is 354 g/mol. The van der Waals surface area contributed by atoms with Crippen LogP contribution in [0, 0.1) is 0 Å². The first kappa shape index (κ1) is 14.3. The van der Waals surface area contributed by atoms with Gasteiger partial charge in [0.25, 0.3) is 0 Å². The zero-order chi connectivity index (χ0) is 15.0. The van der Waals surface area contributed by atoms with Crippen molar-refractivity contribution in [2.45, 2.75) is 6.92 Å². The number of nitrogens with zero attached hydrogens (tertiary/aromatic N) is 1. The van der Waals surface area contributed by atoms with Gasteiger partial charge in [-0.25, -0.2) is 4.79 Å². The summed E-state index contributed by atoms with van der Waals surface area (Å²) >= 11 is 9.92. The van der Waals surface area contributed by atoms with E-state index in [1.807, 2.05) is 30.3 Å². The molecule has 1 heterocycles. The topological polar surface area (TPSA) is 39.2 Å². The molecule has 0 amide bonds. The number of hydrogen-bond donors (Lipinski definition) is 0. The minimum Gasteiger partial charge on any atom is -0.462 e. The fourth-order valence-electron chi connectivity index (χ4n) is 2.30. The van der Waals surface area contributed by atoms with Crippen molar-refractivity contribution in [1.29, 1.82) is 0 Å². The van der Waals surface area contributed by atoms with Crippen molar-refractivity contribution in [3.05, 3.63) is 51.6 Å². The second kappa shape index (κ2) is 5.62. The van der Waals surface area contributed by atoms with Crippen LogP contribution in [0.1, 0.15) is 17.3 Å². The first-order valence-electron chi connectivity index (χ1n) is 6.46. The number of aromatic nitrogens is 1. The number of esters is 1. The third-order valence-corrected chi connectivity index (χ3v) is 4.32. The maximum Gasteiger partial charge on any atom is 0.341 e. The van der Waals surface area contributed by atoms with Crippen LogP contribution >= 0.6 is 27.5 Å². The number of benzene rings is 2. The average Bonchev–Trinajstić information content (AvgIpc) is 2.49. The van der Waals surface area contributed by atoms with E-state index < -0.39 is 5.97 Å². The molecule has 5 heteroatoms. The molecular formula is C16H11BrClNO2. The highest BCUT2D eigenvalue weighted by atomic mass is 79.9. The minimum atomic E-state index is -0.457. The minimum absolute atomic E-state index is 0.285. The molecule has 0 unspecified atom stereocenters. The lowest BCUT2D eigenvalue weighted by Gasteiger charge is -2.10. The molecule has 0 N–H and O–H groups in total. The Bertz CT molecular complexity index is 864. The average molecular weight is 365 g/mol. The van der Waals surface area contributed by atoms with Crippen molar-refractivity contribution in [3.8, 4) is 0 Å². The van der Waals surface area contributed by atoms with Crippen molar-refractivity contribution >= 4 is 55.2 Å². The number of carbonyl (C=O) groups excluding carboxylic acids is 1. The van der Waals surface area contributed by atoms with Gasteiger partial charge in [-0.1, -0.05) is 51.8 Å². The number of fused-ring (bicyclic) bond motifs is 3. The molecule has 3 rings (SSSR count). The molecule has 0 spiro atoms. The van der Waals surface area contributed by atoms with E-state index in [0.717, 1.165) is 26.1 Å². The van der Waals surface area contributed by atoms with Crippen LogP contribution in [0.4, 0.5) is 0 Å². The van der Waals surface area contributed by atoms with E-state index in [0.29, 0.717) is 11.6 Å². The Morgan fingerprint density at radius 3 is 2.71 bits per heavy atom. The van der Waals surface area contributed by atoms with Crippen LogP contribution in [0.2, 0.25) is 5.02 Å². The van der Waals surface area contributed by atoms with Crippen LogP contribution in [-0.2, 0) is 4.74 Å². The first-order valence-corrected chi connectivity index (χ1v) is 7.63. The predicted octanol–water partition coefficient (Wildman–Crippen LogP) is 4.98. The van der Waals surface area contributed by atoms with Gasteiger partial charge in [0.1, 0.15) is 0 Å². The van der Waals surface area contributed by atoms with E-state index in [4.69, 9.17) is 16.3 Å². The fraction of sp³-hybridized carbons (Fsp3) is 0.125. The Morgan fingerprint density at radius 2 is 2.00 bits per heavy atom. The number of carbonyl (C=O) groups is 1. The van der Waals surface area contributed by atoms with Crippen LogP contribution in [0.3, 0.4) is 0 Å². The molecule has 0 saturated carbocycles. The Labute approximate surface area is 135 Å². The SMILES string of the molecule is CCOC(=O)c1cnc2c(cc(Br)c3ccccc32)c1Cl. The number of pyridine rings is 1. The summed E-state index contributed by atoms with van der Waals surface area (Å²) in [6.45, 7) is 2.05. The van der Waals surface area contributed by atoms with Crippen molar-refractivity contribution in [3.63, 3.8) is 0 Å². The van der Waals surface area contributed by atoms with E-state index in [9.17, 15) is 4.79 Å². The van der Waals surface area contributed by atoms with Gasteiger partial charge in [-0.05, 0) is 18.4 Å². The van der Waals surface area contributed by atoms with Crippen molar-refractivity contribution in [2.24, 2.45) is 0 Å². The maximum atomic E-state index is 11.9.